The topological polar surface area (TPSA) is 38.3 Å². The molecule has 102 valence electrons. The zero-order valence-corrected chi connectivity index (χ0v) is 11.2. The number of fused-ring (bicyclic) bond motifs is 1. The lowest BCUT2D eigenvalue weighted by Gasteiger charge is -2.28. The molecule has 2 atom stereocenters. The van der Waals surface area contributed by atoms with E-state index < -0.39 is 0 Å². The molecule has 3 nitrogen and oxygen atoms in total. The minimum atomic E-state index is -0.0406. The van der Waals surface area contributed by atoms with E-state index in [0.717, 1.165) is 32.4 Å². The molecule has 1 N–H and O–H groups in total. The Kier molecular flexibility index (Phi) is 3.95. The monoisotopic (exact) mass is 259 g/mol. The number of hydrogen-bond donors (Lipinski definition) is 1. The number of carbonyl (C=O) groups excluding carboxylic acids is 1. The van der Waals surface area contributed by atoms with Gasteiger partial charge in [0.15, 0.2) is 5.78 Å². The first-order chi connectivity index (χ1) is 9.34. The van der Waals surface area contributed by atoms with Gasteiger partial charge >= 0.3 is 0 Å². The summed E-state index contributed by atoms with van der Waals surface area (Å²) in [5.41, 5.74) is 2.54. The van der Waals surface area contributed by atoms with Crippen LogP contribution in [0.5, 0.6) is 0 Å². The summed E-state index contributed by atoms with van der Waals surface area (Å²) >= 11 is 0. The quantitative estimate of drug-likeness (QED) is 0.906. The molecule has 1 aromatic rings. The standard InChI is InChI=1S/C16H21NO2/c18-15(14-7-3-4-9-17-14)11-16-13-6-2-1-5-12(13)8-10-19-16/h1-2,5-6,14,16-17H,3-4,7-11H2. The minimum absolute atomic E-state index is 0.0406. The average Bonchev–Trinajstić information content (AvgIpc) is 2.48. The highest BCUT2D eigenvalue weighted by Gasteiger charge is 2.27. The van der Waals surface area contributed by atoms with Crippen LogP contribution in [0.15, 0.2) is 24.3 Å². The number of rotatable bonds is 3. The van der Waals surface area contributed by atoms with Crippen LogP contribution in [0.1, 0.15) is 42.9 Å². The zero-order chi connectivity index (χ0) is 13.1. The number of Topliss-reactive ketones (excluding diaryl/α,β-unsaturated/α-hetero) is 1. The van der Waals surface area contributed by atoms with E-state index in [4.69, 9.17) is 4.74 Å². The fourth-order valence-corrected chi connectivity index (χ4v) is 3.10. The Balaban J connectivity index is 1.68. The predicted molar refractivity (Wildman–Crippen MR) is 74.1 cm³/mol. The molecule has 0 bridgehead atoms. The number of carbonyl (C=O) groups is 1. The van der Waals surface area contributed by atoms with Gasteiger partial charge < -0.3 is 10.1 Å². The number of nitrogens with one attached hydrogen (secondary N) is 1. The van der Waals surface area contributed by atoms with Gasteiger partial charge in [0, 0.05) is 6.42 Å². The van der Waals surface area contributed by atoms with Gasteiger partial charge in [-0.05, 0) is 36.9 Å². The molecule has 2 aliphatic heterocycles. The molecule has 0 saturated carbocycles. The largest absolute Gasteiger partial charge is 0.373 e. The van der Waals surface area contributed by atoms with Crippen LogP contribution in [0.25, 0.3) is 0 Å². The van der Waals surface area contributed by atoms with Crippen molar-refractivity contribution in [1.82, 2.24) is 5.32 Å². The molecular formula is C16H21NO2. The van der Waals surface area contributed by atoms with Crippen molar-refractivity contribution in [2.24, 2.45) is 0 Å². The third-order valence-electron chi connectivity index (χ3n) is 4.18. The normalized spacial score (nSPS) is 26.7. The van der Waals surface area contributed by atoms with Crippen molar-refractivity contribution in [2.75, 3.05) is 13.2 Å². The molecule has 2 aliphatic rings. The van der Waals surface area contributed by atoms with Gasteiger partial charge in [-0.25, -0.2) is 0 Å². The van der Waals surface area contributed by atoms with Crippen molar-refractivity contribution in [3.05, 3.63) is 35.4 Å². The first-order valence-electron chi connectivity index (χ1n) is 7.30. The molecule has 1 aromatic carbocycles. The smallest absolute Gasteiger partial charge is 0.152 e. The lowest BCUT2D eigenvalue weighted by molar-refractivity contribution is -0.124. The summed E-state index contributed by atoms with van der Waals surface area (Å²) in [5.74, 6) is 0.307. The summed E-state index contributed by atoms with van der Waals surface area (Å²) in [6.07, 6.45) is 4.75. The van der Waals surface area contributed by atoms with E-state index in [1.54, 1.807) is 0 Å². The fraction of sp³-hybridized carbons (Fsp3) is 0.562. The summed E-state index contributed by atoms with van der Waals surface area (Å²) < 4.78 is 5.82. The summed E-state index contributed by atoms with van der Waals surface area (Å²) in [4.78, 5) is 12.3. The second-order valence-electron chi connectivity index (χ2n) is 5.48. The highest BCUT2D eigenvalue weighted by atomic mass is 16.5. The Bertz CT molecular complexity index is 452. The molecule has 0 spiro atoms. The molecular weight excluding hydrogens is 238 g/mol. The predicted octanol–water partition coefficient (Wildman–Crippen LogP) is 2.40. The van der Waals surface area contributed by atoms with E-state index in [2.05, 4.69) is 23.5 Å². The van der Waals surface area contributed by atoms with Crippen molar-refractivity contribution in [2.45, 2.75) is 44.2 Å². The van der Waals surface area contributed by atoms with Crippen LogP contribution >= 0.6 is 0 Å². The molecule has 3 rings (SSSR count). The van der Waals surface area contributed by atoms with Crippen LogP contribution < -0.4 is 5.32 Å². The van der Waals surface area contributed by atoms with Gasteiger partial charge in [0.2, 0.25) is 0 Å². The summed E-state index contributed by atoms with van der Waals surface area (Å²) in [5, 5.41) is 3.33. The van der Waals surface area contributed by atoms with E-state index >= 15 is 0 Å². The van der Waals surface area contributed by atoms with Crippen molar-refractivity contribution in [3.8, 4) is 0 Å². The first kappa shape index (κ1) is 12.8. The number of ether oxygens (including phenoxy) is 1. The molecule has 0 aromatic heterocycles. The molecule has 19 heavy (non-hydrogen) atoms. The fourth-order valence-electron chi connectivity index (χ4n) is 3.10. The highest BCUT2D eigenvalue weighted by molar-refractivity contribution is 5.84. The summed E-state index contributed by atoms with van der Waals surface area (Å²) in [7, 11) is 0. The highest BCUT2D eigenvalue weighted by Crippen LogP contribution is 2.30. The Morgan fingerprint density at radius 3 is 3.05 bits per heavy atom. The van der Waals surface area contributed by atoms with Crippen LogP contribution in [0.3, 0.4) is 0 Å². The van der Waals surface area contributed by atoms with Crippen LogP contribution in [0.2, 0.25) is 0 Å². The maximum Gasteiger partial charge on any atom is 0.152 e. The van der Waals surface area contributed by atoms with E-state index in [-0.39, 0.29) is 12.1 Å². The SMILES string of the molecule is O=C(CC1OCCc2ccccc21)C1CCCCN1. The zero-order valence-electron chi connectivity index (χ0n) is 11.2. The van der Waals surface area contributed by atoms with Crippen LogP contribution in [0, 0.1) is 0 Å². The number of benzene rings is 1. The maximum absolute atomic E-state index is 12.3. The van der Waals surface area contributed by atoms with Gasteiger partial charge in [0.1, 0.15) is 0 Å². The lowest BCUT2D eigenvalue weighted by Crippen LogP contribution is -2.41. The Morgan fingerprint density at radius 1 is 1.32 bits per heavy atom. The molecule has 2 unspecified atom stereocenters. The molecule has 2 heterocycles. The Labute approximate surface area is 114 Å². The van der Waals surface area contributed by atoms with Crippen molar-refractivity contribution in [1.29, 1.82) is 0 Å². The van der Waals surface area contributed by atoms with Crippen molar-refractivity contribution < 1.29 is 9.53 Å². The summed E-state index contributed by atoms with van der Waals surface area (Å²) in [6, 6.07) is 8.39. The number of hydrogen-bond acceptors (Lipinski definition) is 3. The average molecular weight is 259 g/mol. The van der Waals surface area contributed by atoms with Gasteiger partial charge in [-0.15, -0.1) is 0 Å². The van der Waals surface area contributed by atoms with Gasteiger partial charge in [-0.1, -0.05) is 30.7 Å². The first-order valence-corrected chi connectivity index (χ1v) is 7.30. The third kappa shape index (κ3) is 2.88. The van der Waals surface area contributed by atoms with Crippen LogP contribution in [-0.4, -0.2) is 25.0 Å². The molecule has 3 heteroatoms. The number of piperidine rings is 1. The molecule has 0 aliphatic carbocycles. The summed E-state index contributed by atoms with van der Waals surface area (Å²) in [6.45, 7) is 1.70. The molecule has 1 fully saturated rings. The molecule has 0 radical (unpaired) electrons. The maximum atomic E-state index is 12.3. The second-order valence-corrected chi connectivity index (χ2v) is 5.48. The van der Waals surface area contributed by atoms with Crippen molar-refractivity contribution >= 4 is 5.78 Å². The van der Waals surface area contributed by atoms with Gasteiger partial charge in [-0.2, -0.15) is 0 Å². The lowest BCUT2D eigenvalue weighted by atomic mass is 9.91. The van der Waals surface area contributed by atoms with Crippen LogP contribution in [-0.2, 0) is 16.0 Å². The molecule has 1 saturated heterocycles. The Hall–Kier alpha value is -1.19. The van der Waals surface area contributed by atoms with Gasteiger partial charge in [-0.3, -0.25) is 4.79 Å². The second kappa shape index (κ2) is 5.85. The van der Waals surface area contributed by atoms with E-state index in [0.29, 0.717) is 12.2 Å². The molecule has 0 amide bonds. The van der Waals surface area contributed by atoms with Gasteiger partial charge in [0.05, 0.1) is 18.8 Å². The Morgan fingerprint density at radius 2 is 2.21 bits per heavy atom. The van der Waals surface area contributed by atoms with Gasteiger partial charge in [0.25, 0.3) is 0 Å². The van der Waals surface area contributed by atoms with Crippen molar-refractivity contribution in [3.63, 3.8) is 0 Å². The minimum Gasteiger partial charge on any atom is -0.373 e. The van der Waals surface area contributed by atoms with Crippen LogP contribution in [0.4, 0.5) is 0 Å². The van der Waals surface area contributed by atoms with E-state index in [9.17, 15) is 4.79 Å². The van der Waals surface area contributed by atoms with E-state index in [1.807, 2.05) is 6.07 Å². The van der Waals surface area contributed by atoms with E-state index in [1.165, 1.54) is 17.5 Å². The third-order valence-corrected chi connectivity index (χ3v) is 4.18. The number of ketones is 1.